The molecule has 2 aliphatic heterocycles. The van der Waals surface area contributed by atoms with Crippen LogP contribution in [0.4, 0.5) is 0 Å². The predicted molar refractivity (Wildman–Crippen MR) is 118 cm³/mol. The van der Waals surface area contributed by atoms with Gasteiger partial charge < -0.3 is 39.7 Å². The third kappa shape index (κ3) is 3.50. The van der Waals surface area contributed by atoms with Crippen LogP contribution in [0.5, 0.6) is 40.2 Å². The van der Waals surface area contributed by atoms with E-state index in [4.69, 9.17) is 14.2 Å². The lowest BCUT2D eigenvalue weighted by atomic mass is 9.82. The Labute approximate surface area is 194 Å². The third-order valence-electron chi connectivity index (χ3n) is 6.25. The molecule has 9 nitrogen and oxygen atoms in total. The van der Waals surface area contributed by atoms with E-state index in [9.17, 15) is 30.3 Å². The maximum atomic E-state index is 12.4. The molecule has 34 heavy (non-hydrogen) atoms. The van der Waals surface area contributed by atoms with Gasteiger partial charge in [-0.3, -0.25) is 4.79 Å². The number of aliphatic hydroxyl groups excluding tert-OH is 1. The second-order valence-electron chi connectivity index (χ2n) is 8.34. The van der Waals surface area contributed by atoms with Crippen molar-refractivity contribution in [2.45, 2.75) is 31.0 Å². The maximum absolute atomic E-state index is 12.4. The van der Waals surface area contributed by atoms with Crippen LogP contribution in [0, 0.1) is 0 Å². The van der Waals surface area contributed by atoms with E-state index in [1.807, 2.05) is 0 Å². The quantitative estimate of drug-likeness (QED) is 0.223. The van der Waals surface area contributed by atoms with Gasteiger partial charge in [-0.2, -0.15) is 0 Å². The van der Waals surface area contributed by atoms with Gasteiger partial charge in [0.05, 0.1) is 19.6 Å². The highest BCUT2D eigenvalue weighted by Gasteiger charge is 2.40. The van der Waals surface area contributed by atoms with E-state index >= 15 is 0 Å². The SMILES string of the molecule is COc1cc(C2CC(=O)Oc3cc(O)c4c(c32)O[C@H](c2ccc(O)c(O)c2)[C@H](O)C4)ccc1O. The first-order valence-electron chi connectivity index (χ1n) is 10.6. The molecule has 0 amide bonds. The number of aromatic hydroxyl groups is 4. The van der Waals surface area contributed by atoms with Crippen LogP contribution in [-0.4, -0.2) is 44.7 Å². The van der Waals surface area contributed by atoms with Crippen molar-refractivity contribution in [1.82, 2.24) is 0 Å². The topological polar surface area (TPSA) is 146 Å². The Bertz CT molecular complexity index is 1300. The summed E-state index contributed by atoms with van der Waals surface area (Å²) in [6.45, 7) is 0. The summed E-state index contributed by atoms with van der Waals surface area (Å²) >= 11 is 0. The van der Waals surface area contributed by atoms with Gasteiger partial charge in [0.1, 0.15) is 23.4 Å². The standard InChI is InChI=1S/C25H22O9/c1-32-20-7-11(2-5-16(20)27)13-9-22(31)33-21-10-17(28)14-8-19(30)24(34-25(14)23(13)21)12-3-4-15(26)18(29)6-12/h2-7,10,13,19,24,26-30H,8-9H2,1H3/t13?,19-,24-/m1/s1. The smallest absolute Gasteiger partial charge is 0.312 e. The molecule has 0 bridgehead atoms. The summed E-state index contributed by atoms with van der Waals surface area (Å²) in [5.41, 5.74) is 1.95. The average molecular weight is 466 g/mol. The first-order chi connectivity index (χ1) is 16.3. The molecule has 2 aliphatic rings. The molecule has 2 heterocycles. The number of hydrogen-bond donors (Lipinski definition) is 5. The fourth-order valence-corrected chi connectivity index (χ4v) is 4.58. The van der Waals surface area contributed by atoms with Crippen LogP contribution in [0.15, 0.2) is 42.5 Å². The molecule has 0 saturated heterocycles. The molecule has 0 aliphatic carbocycles. The van der Waals surface area contributed by atoms with Crippen molar-refractivity contribution in [2.75, 3.05) is 7.11 Å². The van der Waals surface area contributed by atoms with Gasteiger partial charge in [0.15, 0.2) is 23.0 Å². The lowest BCUT2D eigenvalue weighted by Crippen LogP contribution is -2.32. The highest BCUT2D eigenvalue weighted by molar-refractivity contribution is 5.80. The molecule has 0 aromatic heterocycles. The molecule has 0 saturated carbocycles. The van der Waals surface area contributed by atoms with Crippen molar-refractivity contribution in [2.24, 2.45) is 0 Å². The number of aliphatic hydroxyl groups is 1. The number of hydrogen-bond acceptors (Lipinski definition) is 9. The van der Waals surface area contributed by atoms with Gasteiger partial charge in [0.25, 0.3) is 0 Å². The van der Waals surface area contributed by atoms with Crippen LogP contribution in [-0.2, 0) is 11.2 Å². The zero-order valence-electron chi connectivity index (χ0n) is 18.1. The van der Waals surface area contributed by atoms with E-state index in [-0.39, 0.29) is 53.1 Å². The highest BCUT2D eigenvalue weighted by atomic mass is 16.5. The minimum absolute atomic E-state index is 0.0191. The van der Waals surface area contributed by atoms with Gasteiger partial charge in [0.2, 0.25) is 0 Å². The van der Waals surface area contributed by atoms with E-state index in [1.54, 1.807) is 12.1 Å². The van der Waals surface area contributed by atoms with Gasteiger partial charge >= 0.3 is 5.97 Å². The molecule has 3 atom stereocenters. The van der Waals surface area contributed by atoms with Crippen molar-refractivity contribution in [3.8, 4) is 40.2 Å². The number of phenolic OH excluding ortho intramolecular Hbond substituents is 4. The van der Waals surface area contributed by atoms with E-state index in [0.717, 1.165) is 0 Å². The zero-order chi connectivity index (χ0) is 24.1. The normalized spacial score (nSPS) is 21.1. The van der Waals surface area contributed by atoms with Gasteiger partial charge in [-0.15, -0.1) is 0 Å². The van der Waals surface area contributed by atoms with Gasteiger partial charge in [-0.25, -0.2) is 0 Å². The Morgan fingerprint density at radius 3 is 2.35 bits per heavy atom. The maximum Gasteiger partial charge on any atom is 0.312 e. The summed E-state index contributed by atoms with van der Waals surface area (Å²) in [5, 5.41) is 51.0. The van der Waals surface area contributed by atoms with Crippen molar-refractivity contribution in [3.05, 3.63) is 64.7 Å². The highest BCUT2D eigenvalue weighted by Crippen LogP contribution is 2.53. The molecule has 0 spiro atoms. The number of fused-ring (bicyclic) bond motifs is 3. The van der Waals surface area contributed by atoms with E-state index in [2.05, 4.69) is 0 Å². The zero-order valence-corrected chi connectivity index (χ0v) is 18.1. The summed E-state index contributed by atoms with van der Waals surface area (Å²) in [5.74, 6) is -1.31. The molecule has 5 rings (SSSR count). The third-order valence-corrected chi connectivity index (χ3v) is 6.25. The Morgan fingerprint density at radius 1 is 0.882 bits per heavy atom. The molecule has 9 heteroatoms. The predicted octanol–water partition coefficient (Wildman–Crippen LogP) is 3.00. The second kappa shape index (κ2) is 8.03. The van der Waals surface area contributed by atoms with Crippen LogP contribution in [0.25, 0.3) is 0 Å². The number of phenols is 4. The minimum atomic E-state index is -1.06. The van der Waals surface area contributed by atoms with Crippen molar-refractivity contribution in [1.29, 1.82) is 0 Å². The summed E-state index contributed by atoms with van der Waals surface area (Å²) in [6, 6.07) is 10.2. The number of benzene rings is 3. The number of carbonyl (C=O) groups excluding carboxylic acids is 1. The van der Waals surface area contributed by atoms with Crippen molar-refractivity contribution >= 4 is 5.97 Å². The second-order valence-corrected chi connectivity index (χ2v) is 8.34. The minimum Gasteiger partial charge on any atom is -0.507 e. The lowest BCUT2D eigenvalue weighted by molar-refractivity contribution is -0.135. The fraction of sp³-hybridized carbons (Fsp3) is 0.240. The number of ether oxygens (including phenoxy) is 3. The summed E-state index contributed by atoms with van der Waals surface area (Å²) in [4.78, 5) is 12.4. The summed E-state index contributed by atoms with van der Waals surface area (Å²) in [6.07, 6.45) is -1.95. The molecule has 3 aromatic carbocycles. The lowest BCUT2D eigenvalue weighted by Gasteiger charge is -2.36. The van der Waals surface area contributed by atoms with Gasteiger partial charge in [-0.05, 0) is 35.4 Å². The molecule has 1 unspecified atom stereocenters. The number of methoxy groups -OCH3 is 1. The van der Waals surface area contributed by atoms with Crippen LogP contribution in [0.3, 0.4) is 0 Å². The largest absolute Gasteiger partial charge is 0.507 e. The summed E-state index contributed by atoms with van der Waals surface area (Å²) < 4.78 is 16.8. The Hall–Kier alpha value is -4.11. The monoisotopic (exact) mass is 466 g/mol. The van der Waals surface area contributed by atoms with Gasteiger partial charge in [0, 0.05) is 29.5 Å². The molecule has 0 fully saturated rings. The van der Waals surface area contributed by atoms with Crippen LogP contribution in [0.2, 0.25) is 0 Å². The Kier molecular flexibility index (Phi) is 5.13. The summed E-state index contributed by atoms with van der Waals surface area (Å²) in [7, 11) is 1.42. The number of esters is 1. The molecular formula is C25H22O9. The van der Waals surface area contributed by atoms with E-state index in [0.29, 0.717) is 22.3 Å². The van der Waals surface area contributed by atoms with Crippen molar-refractivity contribution in [3.63, 3.8) is 0 Å². The first-order valence-corrected chi connectivity index (χ1v) is 10.6. The van der Waals surface area contributed by atoms with Gasteiger partial charge in [-0.1, -0.05) is 12.1 Å². The average Bonchev–Trinajstić information content (AvgIpc) is 2.80. The molecule has 5 N–H and O–H groups in total. The van der Waals surface area contributed by atoms with E-state index < -0.39 is 24.1 Å². The number of carbonyl (C=O) groups is 1. The Balaban J connectivity index is 1.66. The first kappa shape index (κ1) is 21.7. The van der Waals surface area contributed by atoms with E-state index in [1.165, 1.54) is 37.4 Å². The molecular weight excluding hydrogens is 444 g/mol. The van der Waals surface area contributed by atoms with Crippen LogP contribution >= 0.6 is 0 Å². The fourth-order valence-electron chi connectivity index (χ4n) is 4.58. The van der Waals surface area contributed by atoms with Crippen LogP contribution < -0.4 is 14.2 Å². The Morgan fingerprint density at radius 2 is 1.62 bits per heavy atom. The number of rotatable bonds is 3. The molecule has 0 radical (unpaired) electrons. The van der Waals surface area contributed by atoms with Crippen LogP contribution in [0.1, 0.15) is 40.7 Å². The molecule has 176 valence electrons. The van der Waals surface area contributed by atoms with Crippen molar-refractivity contribution < 1.29 is 44.5 Å². The molecule has 3 aromatic rings.